The normalized spacial score (nSPS) is 10.8. The van der Waals surface area contributed by atoms with E-state index in [1.807, 2.05) is 18.3 Å². The van der Waals surface area contributed by atoms with Crippen LogP contribution in [0.25, 0.3) is 11.3 Å². The predicted octanol–water partition coefficient (Wildman–Crippen LogP) is 2.94. The number of aromatic nitrogens is 4. The van der Waals surface area contributed by atoms with Gasteiger partial charge in [0.15, 0.2) is 0 Å². The van der Waals surface area contributed by atoms with Gasteiger partial charge in [-0.3, -0.25) is 0 Å². The summed E-state index contributed by atoms with van der Waals surface area (Å²) in [6, 6.07) is 14.5. The van der Waals surface area contributed by atoms with Crippen LogP contribution < -0.4 is 3.74 Å². The van der Waals surface area contributed by atoms with Crippen LogP contribution in [0, 0.1) is 0 Å². The summed E-state index contributed by atoms with van der Waals surface area (Å²) in [4.78, 5) is 4.23. The molecule has 0 fully saturated rings. The molecule has 0 saturated carbocycles. The van der Waals surface area contributed by atoms with Crippen molar-refractivity contribution in [1.29, 1.82) is 0 Å². The molecule has 3 aromatic rings. The van der Waals surface area contributed by atoms with E-state index >= 15 is 0 Å². The third kappa shape index (κ3) is 4.19. The Kier molecular flexibility index (Phi) is 5.79. The van der Waals surface area contributed by atoms with Crippen LogP contribution in [0.5, 0.6) is 0 Å². The Morgan fingerprint density at radius 3 is 2.70 bits per heavy atom. The molecule has 0 aliphatic carbocycles. The number of pyridine rings is 1. The second-order valence-electron chi connectivity index (χ2n) is 5.33. The van der Waals surface area contributed by atoms with Gasteiger partial charge in [0.05, 0.1) is 0 Å². The minimum atomic E-state index is -0.299. The maximum absolute atomic E-state index is 4.47. The summed E-state index contributed by atoms with van der Waals surface area (Å²) in [6.45, 7) is 3.04. The first-order valence-electron chi connectivity index (χ1n) is 7.89. The van der Waals surface area contributed by atoms with Crippen molar-refractivity contribution in [3.8, 4) is 11.3 Å². The van der Waals surface area contributed by atoms with Gasteiger partial charge in [0.1, 0.15) is 0 Å². The second-order valence-corrected chi connectivity index (χ2v) is 8.42. The van der Waals surface area contributed by atoms with E-state index in [1.54, 1.807) is 6.20 Å². The molecule has 2 aromatic heterocycles. The molecule has 4 nitrogen and oxygen atoms in total. The molecule has 0 atom stereocenters. The maximum atomic E-state index is 4.47. The van der Waals surface area contributed by atoms with Crippen molar-refractivity contribution in [3.05, 3.63) is 60.4 Å². The molecule has 0 aliphatic rings. The van der Waals surface area contributed by atoms with Gasteiger partial charge in [-0.1, -0.05) is 0 Å². The van der Waals surface area contributed by atoms with E-state index in [4.69, 9.17) is 0 Å². The number of unbranched alkanes of at least 4 members (excludes halogenated alkanes) is 1. The minimum absolute atomic E-state index is 0.299. The van der Waals surface area contributed by atoms with Gasteiger partial charge in [0.25, 0.3) is 0 Å². The first kappa shape index (κ1) is 16.2. The van der Waals surface area contributed by atoms with Gasteiger partial charge in [0, 0.05) is 0 Å². The predicted molar refractivity (Wildman–Crippen MR) is 93.9 cm³/mol. The summed E-state index contributed by atoms with van der Waals surface area (Å²) in [7, 11) is 0. The Morgan fingerprint density at radius 2 is 1.96 bits per heavy atom. The van der Waals surface area contributed by atoms with Crippen molar-refractivity contribution in [2.24, 2.45) is 0 Å². The molecule has 1 aromatic carbocycles. The van der Waals surface area contributed by atoms with Crippen molar-refractivity contribution in [2.45, 2.75) is 30.8 Å². The van der Waals surface area contributed by atoms with Crippen molar-refractivity contribution in [2.75, 3.05) is 0 Å². The monoisotopic (exact) mass is 422 g/mol. The molecule has 23 heavy (non-hydrogen) atoms. The molecule has 0 radical (unpaired) electrons. The number of hydrogen-bond donors (Lipinski definition) is 0. The Bertz CT molecular complexity index is 725. The van der Waals surface area contributed by atoms with Crippen molar-refractivity contribution >= 4 is 24.7 Å². The van der Waals surface area contributed by atoms with Gasteiger partial charge in [0.2, 0.25) is 0 Å². The van der Waals surface area contributed by atoms with Crippen LogP contribution >= 0.6 is 0 Å². The quantitative estimate of drug-likeness (QED) is 0.437. The molecule has 0 aliphatic heterocycles. The molecule has 0 unspecified atom stereocenters. The zero-order chi connectivity index (χ0) is 15.9. The Balaban J connectivity index is 1.91. The molecule has 0 N–H and O–H groups in total. The Labute approximate surface area is 147 Å². The molecule has 0 bridgehead atoms. The summed E-state index contributed by atoms with van der Waals surface area (Å²) in [6.07, 6.45) is 6.21. The third-order valence-corrected chi connectivity index (χ3v) is 6.88. The number of hydrogen-bond acceptors (Lipinski definition) is 3. The fourth-order valence-electron chi connectivity index (χ4n) is 2.30. The summed E-state index contributed by atoms with van der Waals surface area (Å²) >= 11 is -0.299. The van der Waals surface area contributed by atoms with E-state index < -0.39 is 0 Å². The molecule has 0 saturated heterocycles. The van der Waals surface area contributed by atoms with Crippen LogP contribution in [0.15, 0.2) is 54.9 Å². The average molecular weight is 420 g/mol. The fourth-order valence-corrected chi connectivity index (χ4v) is 5.65. The number of rotatable bonds is 7. The Morgan fingerprint density at radius 1 is 1.09 bits per heavy atom. The van der Waals surface area contributed by atoms with Crippen molar-refractivity contribution < 1.29 is 0 Å². The van der Waals surface area contributed by atoms with Crippen LogP contribution in [0.4, 0.5) is 0 Å². The first-order valence-corrected chi connectivity index (χ1v) is 10.7. The summed E-state index contributed by atoms with van der Waals surface area (Å²) < 4.78 is 4.72. The van der Waals surface area contributed by atoms with E-state index in [2.05, 4.69) is 57.2 Å². The molecule has 0 spiro atoms. The second kappa shape index (κ2) is 8.24. The molecule has 3 rings (SSSR count). The average Bonchev–Trinajstić information content (AvgIpc) is 3.00. The van der Waals surface area contributed by atoms with Crippen LogP contribution in [-0.2, 0) is 6.54 Å². The molecular weight excluding hydrogens is 400 g/mol. The zero-order valence-electron chi connectivity index (χ0n) is 13.2. The van der Waals surface area contributed by atoms with Crippen molar-refractivity contribution in [3.63, 3.8) is 0 Å². The van der Waals surface area contributed by atoms with Crippen molar-refractivity contribution in [1.82, 2.24) is 20.0 Å². The first-order chi connectivity index (χ1) is 11.4. The SMILES string of the molecule is CCCC[Te]c1c(-c2cccnc2)nnn1Cc1ccccc1. The van der Waals surface area contributed by atoms with Gasteiger partial charge < -0.3 is 0 Å². The van der Waals surface area contributed by atoms with E-state index in [0.717, 1.165) is 17.8 Å². The summed E-state index contributed by atoms with van der Waals surface area (Å²) in [5.41, 5.74) is 3.36. The fraction of sp³-hybridized carbons (Fsp3) is 0.278. The van der Waals surface area contributed by atoms with Crippen LogP contribution in [0.2, 0.25) is 4.47 Å². The molecule has 2 heterocycles. The van der Waals surface area contributed by atoms with Gasteiger partial charge in [-0.05, 0) is 0 Å². The standard InChI is InChI=1S/C18H20N4Te/c1-2-3-12-23-18-17(16-10-7-11-19-13-16)20-21-22(18)14-15-8-5-4-6-9-15/h4-11,13H,2-3,12,14H2,1H3. The van der Waals surface area contributed by atoms with E-state index in [-0.39, 0.29) is 20.9 Å². The van der Waals surface area contributed by atoms with Crippen LogP contribution in [-0.4, -0.2) is 40.9 Å². The number of benzene rings is 1. The van der Waals surface area contributed by atoms with E-state index in [9.17, 15) is 0 Å². The van der Waals surface area contributed by atoms with Crippen LogP contribution in [0.3, 0.4) is 0 Å². The van der Waals surface area contributed by atoms with Gasteiger partial charge in [-0.2, -0.15) is 0 Å². The summed E-state index contributed by atoms with van der Waals surface area (Å²) in [5.74, 6) is 0. The number of nitrogens with zero attached hydrogens (tertiary/aromatic N) is 4. The molecular formula is C18H20N4Te. The van der Waals surface area contributed by atoms with Gasteiger partial charge in [-0.25, -0.2) is 0 Å². The van der Waals surface area contributed by atoms with E-state index in [1.165, 1.54) is 26.6 Å². The third-order valence-electron chi connectivity index (χ3n) is 3.54. The summed E-state index contributed by atoms with van der Waals surface area (Å²) in [5, 5.41) is 8.90. The van der Waals surface area contributed by atoms with E-state index in [0.29, 0.717) is 0 Å². The zero-order valence-corrected chi connectivity index (χ0v) is 15.6. The van der Waals surface area contributed by atoms with Crippen LogP contribution in [0.1, 0.15) is 25.3 Å². The van der Waals surface area contributed by atoms with Gasteiger partial charge >= 0.3 is 147 Å². The Hall–Kier alpha value is -1.70. The molecule has 118 valence electrons. The molecule has 0 amide bonds. The molecule has 5 heteroatoms. The topological polar surface area (TPSA) is 43.6 Å². The van der Waals surface area contributed by atoms with Gasteiger partial charge in [-0.15, -0.1) is 0 Å².